The first kappa shape index (κ1) is 19.2. The first-order chi connectivity index (χ1) is 12.9. The van der Waals surface area contributed by atoms with Crippen molar-refractivity contribution in [3.8, 4) is 5.75 Å². The van der Waals surface area contributed by atoms with Gasteiger partial charge in [-0.2, -0.15) is 0 Å². The molecule has 2 aromatic rings. The molecule has 0 bridgehead atoms. The first-order valence-electron chi connectivity index (χ1n) is 8.73. The van der Waals surface area contributed by atoms with E-state index in [1.807, 2.05) is 0 Å². The number of methoxy groups -OCH3 is 1. The van der Waals surface area contributed by atoms with Crippen molar-refractivity contribution in [3.63, 3.8) is 0 Å². The van der Waals surface area contributed by atoms with Crippen LogP contribution in [0.4, 0.5) is 11.4 Å². The summed E-state index contributed by atoms with van der Waals surface area (Å²) in [6.45, 7) is 0.857. The minimum atomic E-state index is -3.54. The summed E-state index contributed by atoms with van der Waals surface area (Å²) in [5, 5.41) is 5.99. The molecule has 0 radical (unpaired) electrons. The molecule has 0 saturated carbocycles. The molecule has 7 nitrogen and oxygen atoms in total. The van der Waals surface area contributed by atoms with Gasteiger partial charge in [0.2, 0.25) is 15.9 Å². The highest BCUT2D eigenvalue weighted by atomic mass is 32.2. The Labute approximate surface area is 159 Å². The average molecular weight is 389 g/mol. The van der Waals surface area contributed by atoms with E-state index in [0.717, 1.165) is 19.4 Å². The van der Waals surface area contributed by atoms with Crippen LogP contribution >= 0.6 is 0 Å². The minimum Gasteiger partial charge on any atom is -0.497 e. The van der Waals surface area contributed by atoms with Gasteiger partial charge in [0, 0.05) is 11.4 Å². The number of anilines is 2. The van der Waals surface area contributed by atoms with Crippen molar-refractivity contribution in [2.75, 3.05) is 23.7 Å². The van der Waals surface area contributed by atoms with E-state index in [4.69, 9.17) is 4.74 Å². The number of rotatable bonds is 7. The first-order valence-corrected chi connectivity index (χ1v) is 10.4. The maximum absolute atomic E-state index is 12.3. The van der Waals surface area contributed by atoms with E-state index in [1.54, 1.807) is 55.6 Å². The van der Waals surface area contributed by atoms with Crippen LogP contribution in [0.25, 0.3) is 0 Å². The zero-order valence-corrected chi connectivity index (χ0v) is 15.9. The molecule has 1 aliphatic heterocycles. The fourth-order valence-electron chi connectivity index (χ4n) is 2.92. The van der Waals surface area contributed by atoms with Gasteiger partial charge in [0.15, 0.2) is 0 Å². The van der Waals surface area contributed by atoms with Crippen molar-refractivity contribution >= 4 is 27.3 Å². The molecule has 3 N–H and O–H groups in total. The summed E-state index contributed by atoms with van der Waals surface area (Å²) in [5.74, 6) is 0.440. The Hall–Kier alpha value is -2.58. The average Bonchev–Trinajstić information content (AvgIpc) is 3.18. The Morgan fingerprint density at radius 2 is 1.78 bits per heavy atom. The van der Waals surface area contributed by atoms with Gasteiger partial charge in [-0.3, -0.25) is 9.52 Å². The third-order valence-corrected chi connectivity index (χ3v) is 5.58. The largest absolute Gasteiger partial charge is 0.497 e. The number of sulfonamides is 1. The molecule has 2 aromatic carbocycles. The van der Waals surface area contributed by atoms with Crippen molar-refractivity contribution < 1.29 is 17.9 Å². The van der Waals surface area contributed by atoms with Crippen molar-refractivity contribution in [3.05, 3.63) is 54.1 Å². The lowest BCUT2D eigenvalue weighted by molar-refractivity contribution is -0.117. The summed E-state index contributed by atoms with van der Waals surface area (Å²) in [6.07, 6.45) is 1.83. The van der Waals surface area contributed by atoms with Gasteiger partial charge in [0.25, 0.3) is 0 Å². The molecule has 1 atom stereocenters. The van der Waals surface area contributed by atoms with Crippen molar-refractivity contribution in [1.29, 1.82) is 0 Å². The number of amides is 1. The van der Waals surface area contributed by atoms with Crippen LogP contribution in [0.15, 0.2) is 48.5 Å². The number of carbonyl (C=O) groups is 1. The predicted octanol–water partition coefficient (Wildman–Crippen LogP) is 2.33. The molecule has 0 aromatic heterocycles. The molecule has 1 fully saturated rings. The summed E-state index contributed by atoms with van der Waals surface area (Å²) in [7, 11) is -1.99. The van der Waals surface area contributed by atoms with Crippen LogP contribution in [-0.2, 0) is 20.6 Å². The van der Waals surface area contributed by atoms with Gasteiger partial charge in [0.1, 0.15) is 5.75 Å². The molecule has 0 spiro atoms. The standard InChI is InChI=1S/C19H23N3O4S/c1-26-17-10-8-16(9-11-17)22-27(24,25)13-14-4-6-15(7-5-14)21-19(23)18-3-2-12-20-18/h4-11,18,20,22H,2-3,12-13H2,1H3,(H,21,23). The molecule has 1 saturated heterocycles. The molecule has 27 heavy (non-hydrogen) atoms. The summed E-state index contributed by atoms with van der Waals surface area (Å²) < 4.78 is 32.3. The number of ether oxygens (including phenoxy) is 1. The number of hydrogen-bond acceptors (Lipinski definition) is 5. The zero-order chi connectivity index (χ0) is 19.3. The highest BCUT2D eigenvalue weighted by Crippen LogP contribution is 2.18. The minimum absolute atomic E-state index is 0.0611. The second-order valence-corrected chi connectivity index (χ2v) is 8.15. The second-order valence-electron chi connectivity index (χ2n) is 6.42. The van der Waals surface area contributed by atoms with Gasteiger partial charge in [-0.1, -0.05) is 12.1 Å². The van der Waals surface area contributed by atoms with Gasteiger partial charge >= 0.3 is 0 Å². The summed E-state index contributed by atoms with van der Waals surface area (Å²) >= 11 is 0. The number of nitrogens with one attached hydrogen (secondary N) is 3. The third kappa shape index (κ3) is 5.45. The van der Waals surface area contributed by atoms with Crippen LogP contribution < -0.4 is 20.1 Å². The van der Waals surface area contributed by atoms with Gasteiger partial charge in [-0.25, -0.2) is 8.42 Å². The van der Waals surface area contributed by atoms with Gasteiger partial charge in [-0.15, -0.1) is 0 Å². The van der Waals surface area contributed by atoms with E-state index in [0.29, 0.717) is 22.7 Å². The molecule has 1 aliphatic rings. The predicted molar refractivity (Wildman–Crippen MR) is 105 cm³/mol. The van der Waals surface area contributed by atoms with Gasteiger partial charge in [-0.05, 0) is 61.3 Å². The fourth-order valence-corrected chi connectivity index (χ4v) is 4.11. The monoisotopic (exact) mass is 389 g/mol. The Balaban J connectivity index is 1.58. The zero-order valence-electron chi connectivity index (χ0n) is 15.1. The molecule has 3 rings (SSSR count). The lowest BCUT2D eigenvalue weighted by atomic mass is 10.2. The molecule has 8 heteroatoms. The quantitative estimate of drug-likeness (QED) is 0.675. The van der Waals surface area contributed by atoms with Crippen LogP contribution in [0.1, 0.15) is 18.4 Å². The van der Waals surface area contributed by atoms with E-state index in [2.05, 4.69) is 15.4 Å². The normalized spacial score (nSPS) is 16.7. The molecular formula is C19H23N3O4S. The Morgan fingerprint density at radius 3 is 2.37 bits per heavy atom. The lowest BCUT2D eigenvalue weighted by Gasteiger charge is -2.12. The summed E-state index contributed by atoms with van der Waals surface area (Å²) in [5.41, 5.74) is 1.76. The van der Waals surface area contributed by atoms with E-state index in [-0.39, 0.29) is 17.7 Å². The molecular weight excluding hydrogens is 366 g/mol. The lowest BCUT2D eigenvalue weighted by Crippen LogP contribution is -2.35. The number of benzene rings is 2. The van der Waals surface area contributed by atoms with Crippen LogP contribution in [0.5, 0.6) is 5.75 Å². The van der Waals surface area contributed by atoms with Gasteiger partial charge in [0.05, 0.1) is 18.9 Å². The van der Waals surface area contributed by atoms with E-state index in [9.17, 15) is 13.2 Å². The molecule has 1 heterocycles. The Morgan fingerprint density at radius 1 is 1.11 bits per heavy atom. The second kappa shape index (κ2) is 8.41. The summed E-state index contributed by atoms with van der Waals surface area (Å²) in [4.78, 5) is 12.1. The maximum atomic E-state index is 12.3. The molecule has 1 unspecified atom stereocenters. The maximum Gasteiger partial charge on any atom is 0.241 e. The highest BCUT2D eigenvalue weighted by molar-refractivity contribution is 7.91. The number of hydrogen-bond donors (Lipinski definition) is 3. The van der Waals surface area contributed by atoms with E-state index in [1.165, 1.54) is 0 Å². The van der Waals surface area contributed by atoms with Crippen LogP contribution in [0.3, 0.4) is 0 Å². The number of carbonyl (C=O) groups excluding carboxylic acids is 1. The van der Waals surface area contributed by atoms with Crippen molar-refractivity contribution in [2.45, 2.75) is 24.6 Å². The molecule has 1 amide bonds. The highest BCUT2D eigenvalue weighted by Gasteiger charge is 2.21. The Kier molecular flexibility index (Phi) is 5.98. The van der Waals surface area contributed by atoms with Crippen LogP contribution in [-0.4, -0.2) is 34.0 Å². The third-order valence-electron chi connectivity index (χ3n) is 4.32. The van der Waals surface area contributed by atoms with Crippen molar-refractivity contribution in [2.24, 2.45) is 0 Å². The van der Waals surface area contributed by atoms with E-state index >= 15 is 0 Å². The molecule has 144 valence electrons. The SMILES string of the molecule is COc1ccc(NS(=O)(=O)Cc2ccc(NC(=O)C3CCCN3)cc2)cc1. The van der Waals surface area contributed by atoms with Gasteiger partial charge < -0.3 is 15.4 Å². The molecule has 0 aliphatic carbocycles. The summed E-state index contributed by atoms with van der Waals surface area (Å²) in [6, 6.07) is 13.3. The Bertz CT molecular complexity index is 874. The fraction of sp³-hybridized carbons (Fsp3) is 0.316. The van der Waals surface area contributed by atoms with Crippen LogP contribution in [0, 0.1) is 0 Å². The van der Waals surface area contributed by atoms with Crippen LogP contribution in [0.2, 0.25) is 0 Å². The van der Waals surface area contributed by atoms with E-state index < -0.39 is 10.0 Å². The topological polar surface area (TPSA) is 96.5 Å². The van der Waals surface area contributed by atoms with Crippen molar-refractivity contribution in [1.82, 2.24) is 5.32 Å². The smallest absolute Gasteiger partial charge is 0.241 e.